The van der Waals surface area contributed by atoms with E-state index in [0.717, 1.165) is 12.5 Å². The number of ether oxygens (including phenoxy) is 1. The molecular formula is C15H30N2O. The number of nitrogens with one attached hydrogen (secondary N) is 1. The Morgan fingerprint density at radius 3 is 3.00 bits per heavy atom. The zero-order valence-corrected chi connectivity index (χ0v) is 12.2. The van der Waals surface area contributed by atoms with E-state index in [2.05, 4.69) is 17.1 Å². The second-order valence-corrected chi connectivity index (χ2v) is 6.38. The lowest BCUT2D eigenvalue weighted by Gasteiger charge is -2.39. The normalized spacial score (nSPS) is 34.0. The van der Waals surface area contributed by atoms with Crippen molar-refractivity contribution in [3.63, 3.8) is 0 Å². The van der Waals surface area contributed by atoms with Crippen molar-refractivity contribution in [1.29, 1.82) is 0 Å². The maximum Gasteiger partial charge on any atom is 0.0502 e. The van der Waals surface area contributed by atoms with Crippen LogP contribution in [0.15, 0.2) is 0 Å². The second kappa shape index (κ2) is 6.88. The summed E-state index contributed by atoms with van der Waals surface area (Å²) in [5.74, 6) is 0.761. The molecule has 2 atom stereocenters. The third-order valence-corrected chi connectivity index (χ3v) is 4.68. The highest BCUT2D eigenvalue weighted by atomic mass is 16.5. The highest BCUT2D eigenvalue weighted by Crippen LogP contribution is 2.33. The molecule has 2 fully saturated rings. The van der Waals surface area contributed by atoms with E-state index in [1.807, 2.05) is 7.11 Å². The summed E-state index contributed by atoms with van der Waals surface area (Å²) in [6, 6.07) is 0. The molecule has 2 aliphatic rings. The molecule has 2 heterocycles. The number of methoxy groups -OCH3 is 1. The van der Waals surface area contributed by atoms with Gasteiger partial charge in [0, 0.05) is 26.7 Å². The van der Waals surface area contributed by atoms with Crippen LogP contribution in [-0.4, -0.2) is 51.3 Å². The molecule has 0 aromatic heterocycles. The lowest BCUT2D eigenvalue weighted by atomic mass is 9.81. The number of piperidine rings is 1. The first-order valence-electron chi connectivity index (χ1n) is 7.70. The number of hydrogen-bond donors (Lipinski definition) is 1. The van der Waals surface area contributed by atoms with E-state index >= 15 is 0 Å². The molecule has 1 N–H and O–H groups in total. The summed E-state index contributed by atoms with van der Waals surface area (Å²) in [4.78, 5) is 2.70. The van der Waals surface area contributed by atoms with Gasteiger partial charge >= 0.3 is 0 Å². The lowest BCUT2D eigenvalue weighted by Crippen LogP contribution is -2.44. The molecule has 106 valence electrons. The van der Waals surface area contributed by atoms with Crippen LogP contribution < -0.4 is 5.32 Å². The van der Waals surface area contributed by atoms with Crippen LogP contribution in [0.4, 0.5) is 0 Å². The number of likely N-dealkylation sites (tertiary alicyclic amines) is 1. The molecule has 0 spiro atoms. The first-order chi connectivity index (χ1) is 8.78. The van der Waals surface area contributed by atoms with Gasteiger partial charge in [-0.1, -0.05) is 13.3 Å². The summed E-state index contributed by atoms with van der Waals surface area (Å²) in [5, 5.41) is 3.57. The van der Waals surface area contributed by atoms with Gasteiger partial charge < -0.3 is 15.0 Å². The summed E-state index contributed by atoms with van der Waals surface area (Å²) < 4.78 is 5.33. The van der Waals surface area contributed by atoms with Crippen LogP contribution in [0.3, 0.4) is 0 Å². The standard InChI is InChI=1S/C15H30N2O/c1-3-6-15(7-8-16-12-15)13-17-9-4-5-14(10-17)11-18-2/h14,16H,3-13H2,1-2H3. The third kappa shape index (κ3) is 3.69. The molecular weight excluding hydrogens is 224 g/mol. The van der Waals surface area contributed by atoms with E-state index < -0.39 is 0 Å². The van der Waals surface area contributed by atoms with E-state index in [9.17, 15) is 0 Å². The van der Waals surface area contributed by atoms with Crippen molar-refractivity contribution in [2.45, 2.75) is 39.0 Å². The van der Waals surface area contributed by atoms with Crippen molar-refractivity contribution in [3.8, 4) is 0 Å². The van der Waals surface area contributed by atoms with Crippen LogP contribution in [-0.2, 0) is 4.74 Å². The van der Waals surface area contributed by atoms with Gasteiger partial charge in [0.05, 0.1) is 6.61 Å². The van der Waals surface area contributed by atoms with Crippen LogP contribution in [0.25, 0.3) is 0 Å². The average Bonchev–Trinajstić information content (AvgIpc) is 2.79. The molecule has 0 saturated carbocycles. The minimum absolute atomic E-state index is 0.559. The van der Waals surface area contributed by atoms with Gasteiger partial charge in [-0.25, -0.2) is 0 Å². The summed E-state index contributed by atoms with van der Waals surface area (Å²) in [6.07, 6.45) is 6.77. The van der Waals surface area contributed by atoms with Crippen molar-refractivity contribution < 1.29 is 4.74 Å². The molecule has 2 aliphatic heterocycles. The van der Waals surface area contributed by atoms with Crippen molar-refractivity contribution in [1.82, 2.24) is 10.2 Å². The smallest absolute Gasteiger partial charge is 0.0502 e. The maximum absolute atomic E-state index is 5.33. The summed E-state index contributed by atoms with van der Waals surface area (Å²) in [5.41, 5.74) is 0.559. The van der Waals surface area contributed by atoms with Gasteiger partial charge in [-0.2, -0.15) is 0 Å². The summed E-state index contributed by atoms with van der Waals surface area (Å²) in [6.45, 7) is 9.56. The van der Waals surface area contributed by atoms with E-state index in [-0.39, 0.29) is 0 Å². The Labute approximate surface area is 112 Å². The third-order valence-electron chi connectivity index (χ3n) is 4.68. The molecule has 2 unspecified atom stereocenters. The second-order valence-electron chi connectivity index (χ2n) is 6.38. The highest BCUT2D eigenvalue weighted by molar-refractivity contribution is 4.91. The lowest BCUT2D eigenvalue weighted by molar-refractivity contribution is 0.0642. The molecule has 3 nitrogen and oxygen atoms in total. The molecule has 0 bridgehead atoms. The van der Waals surface area contributed by atoms with Gasteiger partial charge in [0.1, 0.15) is 0 Å². The molecule has 18 heavy (non-hydrogen) atoms. The van der Waals surface area contributed by atoms with Crippen molar-refractivity contribution >= 4 is 0 Å². The maximum atomic E-state index is 5.33. The predicted molar refractivity (Wildman–Crippen MR) is 75.9 cm³/mol. The monoisotopic (exact) mass is 254 g/mol. The van der Waals surface area contributed by atoms with Crippen LogP contribution in [0.2, 0.25) is 0 Å². The summed E-state index contributed by atoms with van der Waals surface area (Å²) >= 11 is 0. The first-order valence-corrected chi connectivity index (χ1v) is 7.70. The Morgan fingerprint density at radius 2 is 2.33 bits per heavy atom. The molecule has 0 amide bonds. The Hall–Kier alpha value is -0.120. The number of hydrogen-bond acceptors (Lipinski definition) is 3. The SMILES string of the molecule is CCCC1(CN2CCCC(COC)C2)CCNC1. The van der Waals surface area contributed by atoms with Gasteiger partial charge in [-0.3, -0.25) is 0 Å². The zero-order valence-electron chi connectivity index (χ0n) is 12.2. The van der Waals surface area contributed by atoms with E-state index in [1.54, 1.807) is 0 Å². The quantitative estimate of drug-likeness (QED) is 0.786. The highest BCUT2D eigenvalue weighted by Gasteiger charge is 2.35. The van der Waals surface area contributed by atoms with Crippen LogP contribution in [0.5, 0.6) is 0 Å². The van der Waals surface area contributed by atoms with Crippen molar-refractivity contribution in [3.05, 3.63) is 0 Å². The van der Waals surface area contributed by atoms with Crippen molar-refractivity contribution in [2.24, 2.45) is 11.3 Å². The van der Waals surface area contributed by atoms with E-state index in [4.69, 9.17) is 4.74 Å². The molecule has 2 saturated heterocycles. The van der Waals surface area contributed by atoms with Gasteiger partial charge in [0.25, 0.3) is 0 Å². The molecule has 0 aromatic rings. The van der Waals surface area contributed by atoms with Crippen molar-refractivity contribution in [2.75, 3.05) is 46.4 Å². The summed E-state index contributed by atoms with van der Waals surface area (Å²) in [7, 11) is 1.83. The largest absolute Gasteiger partial charge is 0.384 e. The molecule has 3 heteroatoms. The Balaban J connectivity index is 1.86. The fourth-order valence-electron chi connectivity index (χ4n) is 3.89. The van der Waals surface area contributed by atoms with Gasteiger partial charge in [-0.15, -0.1) is 0 Å². The topological polar surface area (TPSA) is 24.5 Å². The Kier molecular flexibility index (Phi) is 5.46. The predicted octanol–water partition coefficient (Wildman–Crippen LogP) is 2.12. The van der Waals surface area contributed by atoms with Gasteiger partial charge in [0.2, 0.25) is 0 Å². The van der Waals surface area contributed by atoms with Crippen LogP contribution >= 0.6 is 0 Å². The number of nitrogens with zero attached hydrogens (tertiary/aromatic N) is 1. The first kappa shape index (κ1) is 14.3. The van der Waals surface area contributed by atoms with E-state index in [1.165, 1.54) is 64.8 Å². The van der Waals surface area contributed by atoms with Crippen LogP contribution in [0.1, 0.15) is 39.0 Å². The Bertz CT molecular complexity index is 237. The molecule has 2 rings (SSSR count). The zero-order chi connectivity index (χ0) is 12.8. The van der Waals surface area contributed by atoms with Gasteiger partial charge in [-0.05, 0) is 50.1 Å². The van der Waals surface area contributed by atoms with E-state index in [0.29, 0.717) is 5.41 Å². The molecule has 0 aromatic carbocycles. The fourth-order valence-corrected chi connectivity index (χ4v) is 3.89. The molecule has 0 radical (unpaired) electrons. The minimum atomic E-state index is 0.559. The fraction of sp³-hybridized carbons (Fsp3) is 1.00. The average molecular weight is 254 g/mol. The van der Waals surface area contributed by atoms with Gasteiger partial charge in [0.15, 0.2) is 0 Å². The van der Waals surface area contributed by atoms with Crippen LogP contribution in [0, 0.1) is 11.3 Å². The molecule has 0 aliphatic carbocycles. The minimum Gasteiger partial charge on any atom is -0.384 e. The number of rotatable bonds is 6. The Morgan fingerprint density at radius 1 is 1.44 bits per heavy atom.